The van der Waals surface area contributed by atoms with Crippen LogP contribution in [0.5, 0.6) is 11.6 Å². The standard InChI is InChI=1S/C23H20N2O4/c1-14-20(23(26)29-4)21(19(13-24)22(25-14)28-3)17-7-5-15(6-8-17)16-9-11-18(27-2)12-10-16/h5-12H,1-4H3. The molecule has 0 aliphatic rings. The maximum atomic E-state index is 12.4. The highest BCUT2D eigenvalue weighted by atomic mass is 16.5. The molecule has 0 atom stereocenters. The Labute approximate surface area is 169 Å². The minimum Gasteiger partial charge on any atom is -0.497 e. The van der Waals surface area contributed by atoms with Crippen LogP contribution in [0.3, 0.4) is 0 Å². The van der Waals surface area contributed by atoms with Crippen LogP contribution in [0.25, 0.3) is 22.3 Å². The number of nitrogens with zero attached hydrogens (tertiary/aromatic N) is 2. The number of aryl methyl sites for hydroxylation is 1. The van der Waals surface area contributed by atoms with Gasteiger partial charge in [-0.05, 0) is 35.7 Å². The van der Waals surface area contributed by atoms with Crippen molar-refractivity contribution in [1.29, 1.82) is 5.26 Å². The molecule has 29 heavy (non-hydrogen) atoms. The van der Waals surface area contributed by atoms with Gasteiger partial charge in [-0.3, -0.25) is 0 Å². The number of carbonyl (C=O) groups is 1. The van der Waals surface area contributed by atoms with Crippen molar-refractivity contribution in [2.75, 3.05) is 21.3 Å². The molecular weight excluding hydrogens is 368 g/mol. The lowest BCUT2D eigenvalue weighted by Crippen LogP contribution is -2.11. The van der Waals surface area contributed by atoms with Gasteiger partial charge in [0, 0.05) is 5.56 Å². The van der Waals surface area contributed by atoms with E-state index in [1.807, 2.05) is 48.5 Å². The fraction of sp³-hybridized carbons (Fsp3) is 0.174. The number of aromatic nitrogens is 1. The zero-order chi connectivity index (χ0) is 21.0. The van der Waals surface area contributed by atoms with Crippen LogP contribution in [0.1, 0.15) is 21.6 Å². The van der Waals surface area contributed by atoms with Gasteiger partial charge in [-0.15, -0.1) is 0 Å². The van der Waals surface area contributed by atoms with Crippen molar-refractivity contribution in [3.8, 4) is 40.0 Å². The van der Waals surface area contributed by atoms with E-state index in [-0.39, 0.29) is 17.0 Å². The van der Waals surface area contributed by atoms with Crippen LogP contribution in [-0.2, 0) is 4.74 Å². The summed E-state index contributed by atoms with van der Waals surface area (Å²) >= 11 is 0. The van der Waals surface area contributed by atoms with E-state index in [4.69, 9.17) is 14.2 Å². The highest BCUT2D eigenvalue weighted by Gasteiger charge is 2.25. The average Bonchev–Trinajstić information content (AvgIpc) is 2.77. The summed E-state index contributed by atoms with van der Waals surface area (Å²) in [6.45, 7) is 1.69. The summed E-state index contributed by atoms with van der Waals surface area (Å²) in [4.78, 5) is 16.7. The number of rotatable bonds is 5. The molecule has 0 saturated carbocycles. The van der Waals surface area contributed by atoms with Crippen LogP contribution in [0, 0.1) is 18.3 Å². The van der Waals surface area contributed by atoms with E-state index in [0.29, 0.717) is 16.8 Å². The van der Waals surface area contributed by atoms with Gasteiger partial charge in [-0.1, -0.05) is 36.4 Å². The van der Waals surface area contributed by atoms with Gasteiger partial charge in [0.15, 0.2) is 0 Å². The summed E-state index contributed by atoms with van der Waals surface area (Å²) in [5.41, 5.74) is 4.04. The van der Waals surface area contributed by atoms with Crippen LogP contribution in [-0.4, -0.2) is 32.3 Å². The SMILES string of the molecule is COC(=O)c1c(C)nc(OC)c(C#N)c1-c1ccc(-c2ccc(OC)cc2)cc1. The van der Waals surface area contributed by atoms with Crippen molar-refractivity contribution in [1.82, 2.24) is 4.98 Å². The molecule has 0 aliphatic heterocycles. The highest BCUT2D eigenvalue weighted by Crippen LogP contribution is 2.35. The monoisotopic (exact) mass is 388 g/mol. The van der Waals surface area contributed by atoms with Crippen molar-refractivity contribution in [3.05, 3.63) is 65.4 Å². The first-order valence-corrected chi connectivity index (χ1v) is 8.85. The van der Waals surface area contributed by atoms with Crippen LogP contribution in [0.15, 0.2) is 48.5 Å². The number of carbonyl (C=O) groups excluding carboxylic acids is 1. The van der Waals surface area contributed by atoms with E-state index in [1.54, 1.807) is 14.0 Å². The molecule has 0 aliphatic carbocycles. The summed E-state index contributed by atoms with van der Waals surface area (Å²) < 4.78 is 15.4. The summed E-state index contributed by atoms with van der Waals surface area (Å²) in [6, 6.07) is 17.4. The van der Waals surface area contributed by atoms with E-state index >= 15 is 0 Å². The molecule has 0 unspecified atom stereocenters. The summed E-state index contributed by atoms with van der Waals surface area (Å²) in [5, 5.41) is 9.71. The minimum atomic E-state index is -0.552. The third kappa shape index (κ3) is 3.76. The molecule has 0 bridgehead atoms. The molecule has 0 amide bonds. The molecule has 0 radical (unpaired) electrons. The van der Waals surface area contributed by atoms with Gasteiger partial charge in [0.05, 0.1) is 32.6 Å². The highest BCUT2D eigenvalue weighted by molar-refractivity contribution is 6.00. The van der Waals surface area contributed by atoms with Crippen molar-refractivity contribution >= 4 is 5.97 Å². The smallest absolute Gasteiger partial charge is 0.340 e. The van der Waals surface area contributed by atoms with Crippen LogP contribution >= 0.6 is 0 Å². The maximum Gasteiger partial charge on any atom is 0.340 e. The van der Waals surface area contributed by atoms with Crippen LogP contribution < -0.4 is 9.47 Å². The van der Waals surface area contributed by atoms with Gasteiger partial charge in [0.2, 0.25) is 5.88 Å². The van der Waals surface area contributed by atoms with E-state index in [9.17, 15) is 10.1 Å². The average molecular weight is 388 g/mol. The second-order valence-corrected chi connectivity index (χ2v) is 6.24. The normalized spacial score (nSPS) is 10.2. The first-order chi connectivity index (χ1) is 14.0. The second-order valence-electron chi connectivity index (χ2n) is 6.24. The number of hydrogen-bond acceptors (Lipinski definition) is 6. The summed E-state index contributed by atoms with van der Waals surface area (Å²) in [7, 11) is 4.37. The summed E-state index contributed by atoms with van der Waals surface area (Å²) in [5.74, 6) is 0.404. The van der Waals surface area contributed by atoms with E-state index in [0.717, 1.165) is 16.9 Å². The molecule has 0 saturated heterocycles. The Hall–Kier alpha value is -3.85. The largest absolute Gasteiger partial charge is 0.497 e. The van der Waals surface area contributed by atoms with Crippen molar-refractivity contribution in [2.24, 2.45) is 0 Å². The zero-order valence-corrected chi connectivity index (χ0v) is 16.6. The fourth-order valence-corrected chi connectivity index (χ4v) is 3.18. The Morgan fingerprint density at radius 2 is 1.45 bits per heavy atom. The van der Waals surface area contributed by atoms with Gasteiger partial charge in [0.25, 0.3) is 0 Å². The second kappa shape index (κ2) is 8.44. The molecule has 0 fully saturated rings. The quantitative estimate of drug-likeness (QED) is 0.603. The molecule has 6 nitrogen and oxygen atoms in total. The van der Waals surface area contributed by atoms with Crippen LogP contribution in [0.4, 0.5) is 0 Å². The molecule has 1 aromatic heterocycles. The lowest BCUT2D eigenvalue weighted by Gasteiger charge is -2.15. The van der Waals surface area contributed by atoms with Gasteiger partial charge in [-0.25, -0.2) is 9.78 Å². The van der Waals surface area contributed by atoms with Crippen molar-refractivity contribution < 1.29 is 19.0 Å². The number of hydrogen-bond donors (Lipinski definition) is 0. The Morgan fingerprint density at radius 1 is 0.897 bits per heavy atom. The number of esters is 1. The lowest BCUT2D eigenvalue weighted by molar-refractivity contribution is 0.0600. The number of benzene rings is 2. The van der Waals surface area contributed by atoms with Gasteiger partial charge < -0.3 is 14.2 Å². The van der Waals surface area contributed by atoms with Crippen molar-refractivity contribution in [2.45, 2.75) is 6.92 Å². The van der Waals surface area contributed by atoms with Gasteiger partial charge in [0.1, 0.15) is 17.4 Å². The van der Waals surface area contributed by atoms with Crippen LogP contribution in [0.2, 0.25) is 0 Å². The predicted molar refractivity (Wildman–Crippen MR) is 109 cm³/mol. The fourth-order valence-electron chi connectivity index (χ4n) is 3.18. The molecular formula is C23H20N2O4. The third-order valence-corrected chi connectivity index (χ3v) is 4.64. The van der Waals surface area contributed by atoms with Gasteiger partial charge >= 0.3 is 5.97 Å². The molecule has 1 heterocycles. The van der Waals surface area contributed by atoms with Crippen molar-refractivity contribution in [3.63, 3.8) is 0 Å². The first kappa shape index (κ1) is 19.9. The molecule has 3 rings (SSSR count). The van der Waals surface area contributed by atoms with E-state index < -0.39 is 5.97 Å². The van der Waals surface area contributed by atoms with E-state index in [1.165, 1.54) is 14.2 Å². The molecule has 2 aromatic carbocycles. The Balaban J connectivity index is 2.15. The molecule has 6 heteroatoms. The molecule has 0 N–H and O–H groups in total. The molecule has 0 spiro atoms. The summed E-state index contributed by atoms with van der Waals surface area (Å²) in [6.07, 6.45) is 0. The third-order valence-electron chi connectivity index (χ3n) is 4.64. The lowest BCUT2D eigenvalue weighted by atomic mass is 9.93. The zero-order valence-electron chi connectivity index (χ0n) is 16.6. The maximum absolute atomic E-state index is 12.4. The number of pyridine rings is 1. The molecule has 3 aromatic rings. The first-order valence-electron chi connectivity index (χ1n) is 8.85. The number of ether oxygens (including phenoxy) is 3. The molecule has 146 valence electrons. The van der Waals surface area contributed by atoms with E-state index in [2.05, 4.69) is 11.1 Å². The topological polar surface area (TPSA) is 81.4 Å². The Bertz CT molecular complexity index is 1080. The predicted octanol–water partition coefficient (Wildman–Crippen LogP) is 4.40. The minimum absolute atomic E-state index is 0.173. The Kier molecular flexibility index (Phi) is 5.79. The Morgan fingerprint density at radius 3 is 1.93 bits per heavy atom. The number of nitriles is 1. The van der Waals surface area contributed by atoms with Gasteiger partial charge in [-0.2, -0.15) is 5.26 Å². The number of methoxy groups -OCH3 is 3.